The summed E-state index contributed by atoms with van der Waals surface area (Å²) >= 11 is 0. The summed E-state index contributed by atoms with van der Waals surface area (Å²) in [5.74, 6) is 1.60. The molecule has 6 nitrogen and oxygen atoms in total. The lowest BCUT2D eigenvalue weighted by atomic mass is 9.79. The SMILES string of the molecule is Cc1nc(C)c2c(n1)O[C@@H](CN(C)CC1(N3CCOCC3)CCCCC1)C2. The van der Waals surface area contributed by atoms with E-state index in [1.165, 1.54) is 37.7 Å². The van der Waals surface area contributed by atoms with E-state index in [9.17, 15) is 0 Å². The number of ether oxygens (including phenoxy) is 2. The average Bonchev–Trinajstić information content (AvgIpc) is 3.05. The normalized spacial score (nSPS) is 25.4. The van der Waals surface area contributed by atoms with Gasteiger partial charge in [0.1, 0.15) is 11.9 Å². The fourth-order valence-corrected chi connectivity index (χ4v) is 5.30. The second-order valence-electron chi connectivity index (χ2n) is 8.67. The Morgan fingerprint density at radius 3 is 2.59 bits per heavy atom. The van der Waals surface area contributed by atoms with Crippen molar-refractivity contribution in [3.63, 3.8) is 0 Å². The van der Waals surface area contributed by atoms with Crippen LogP contribution in [0.3, 0.4) is 0 Å². The second kappa shape index (κ2) is 8.02. The molecule has 0 aromatic carbocycles. The molecule has 0 bridgehead atoms. The summed E-state index contributed by atoms with van der Waals surface area (Å²) < 4.78 is 11.8. The second-order valence-corrected chi connectivity index (χ2v) is 8.67. The number of aryl methyl sites for hydroxylation is 2. The standard InChI is InChI=1S/C21H34N4O2/c1-16-19-13-18(27-20(19)23-17(2)22-16)14-24(3)15-21(7-5-4-6-8-21)25-9-11-26-12-10-25/h18H,4-15H2,1-3H3/t18-/m1/s1. The van der Waals surface area contributed by atoms with E-state index in [-0.39, 0.29) is 6.10 Å². The van der Waals surface area contributed by atoms with Crippen molar-refractivity contribution in [2.75, 3.05) is 46.4 Å². The molecule has 0 amide bonds. The largest absolute Gasteiger partial charge is 0.472 e. The Balaban J connectivity index is 1.40. The Morgan fingerprint density at radius 2 is 1.85 bits per heavy atom. The van der Waals surface area contributed by atoms with Crippen molar-refractivity contribution in [3.05, 3.63) is 17.1 Å². The highest BCUT2D eigenvalue weighted by molar-refractivity contribution is 5.34. The number of morpholine rings is 1. The van der Waals surface area contributed by atoms with Crippen molar-refractivity contribution in [2.24, 2.45) is 0 Å². The summed E-state index contributed by atoms with van der Waals surface area (Å²) in [5.41, 5.74) is 2.58. The van der Waals surface area contributed by atoms with Gasteiger partial charge in [-0.1, -0.05) is 19.3 Å². The van der Waals surface area contributed by atoms with Gasteiger partial charge in [0.2, 0.25) is 5.88 Å². The molecule has 27 heavy (non-hydrogen) atoms. The van der Waals surface area contributed by atoms with Crippen LogP contribution in [-0.4, -0.2) is 77.9 Å². The van der Waals surface area contributed by atoms with Crippen LogP contribution in [0, 0.1) is 13.8 Å². The Bertz CT molecular complexity index is 654. The molecular formula is C21H34N4O2. The van der Waals surface area contributed by atoms with Gasteiger partial charge in [0.15, 0.2) is 0 Å². The molecule has 3 heterocycles. The number of nitrogens with zero attached hydrogens (tertiary/aromatic N) is 4. The third-order valence-electron chi connectivity index (χ3n) is 6.54. The number of likely N-dealkylation sites (N-methyl/N-ethyl adjacent to an activating group) is 1. The van der Waals surface area contributed by atoms with E-state index in [1.807, 2.05) is 6.92 Å². The third kappa shape index (κ3) is 4.13. The van der Waals surface area contributed by atoms with E-state index < -0.39 is 0 Å². The van der Waals surface area contributed by atoms with Gasteiger partial charge in [-0.25, -0.2) is 4.98 Å². The van der Waals surface area contributed by atoms with Gasteiger partial charge in [0, 0.05) is 49.4 Å². The first-order valence-electron chi connectivity index (χ1n) is 10.6. The van der Waals surface area contributed by atoms with Crippen LogP contribution >= 0.6 is 0 Å². The molecule has 1 aliphatic carbocycles. The highest BCUT2D eigenvalue weighted by atomic mass is 16.5. The van der Waals surface area contributed by atoms with Crippen molar-refractivity contribution >= 4 is 0 Å². The molecule has 1 aromatic heterocycles. The van der Waals surface area contributed by atoms with E-state index in [0.29, 0.717) is 5.54 Å². The summed E-state index contributed by atoms with van der Waals surface area (Å²) in [6, 6.07) is 0. The van der Waals surface area contributed by atoms with Crippen molar-refractivity contribution < 1.29 is 9.47 Å². The lowest BCUT2D eigenvalue weighted by Gasteiger charge is -2.50. The first-order chi connectivity index (χ1) is 13.1. The van der Waals surface area contributed by atoms with Crippen LogP contribution in [-0.2, 0) is 11.2 Å². The maximum Gasteiger partial charge on any atom is 0.220 e. The van der Waals surface area contributed by atoms with Crippen molar-refractivity contribution in [3.8, 4) is 5.88 Å². The first-order valence-corrected chi connectivity index (χ1v) is 10.6. The van der Waals surface area contributed by atoms with Crippen LogP contribution in [0.15, 0.2) is 0 Å². The molecule has 4 rings (SSSR count). The minimum Gasteiger partial charge on any atom is -0.472 e. The smallest absolute Gasteiger partial charge is 0.220 e. The summed E-state index contributed by atoms with van der Waals surface area (Å²) in [6.07, 6.45) is 7.82. The van der Waals surface area contributed by atoms with Crippen molar-refractivity contribution in [1.29, 1.82) is 0 Å². The van der Waals surface area contributed by atoms with Gasteiger partial charge in [0.25, 0.3) is 0 Å². The molecule has 1 saturated heterocycles. The Labute approximate surface area is 163 Å². The van der Waals surface area contributed by atoms with Crippen LogP contribution < -0.4 is 4.74 Å². The highest BCUT2D eigenvalue weighted by Crippen LogP contribution is 2.35. The first kappa shape index (κ1) is 19.1. The zero-order valence-electron chi connectivity index (χ0n) is 17.2. The average molecular weight is 375 g/mol. The predicted octanol–water partition coefficient (Wildman–Crippen LogP) is 2.36. The van der Waals surface area contributed by atoms with Crippen molar-refractivity contribution in [2.45, 2.75) is 64.0 Å². The van der Waals surface area contributed by atoms with Gasteiger partial charge in [-0.3, -0.25) is 4.90 Å². The van der Waals surface area contributed by atoms with Gasteiger partial charge >= 0.3 is 0 Å². The van der Waals surface area contributed by atoms with Crippen LogP contribution in [0.5, 0.6) is 5.88 Å². The quantitative estimate of drug-likeness (QED) is 0.789. The molecule has 2 aliphatic heterocycles. The van der Waals surface area contributed by atoms with Gasteiger partial charge < -0.3 is 14.4 Å². The maximum absolute atomic E-state index is 6.18. The van der Waals surface area contributed by atoms with E-state index in [4.69, 9.17) is 9.47 Å². The Kier molecular flexibility index (Phi) is 5.67. The molecule has 3 aliphatic rings. The molecule has 0 N–H and O–H groups in total. The van der Waals surface area contributed by atoms with Gasteiger partial charge in [0.05, 0.1) is 13.2 Å². The van der Waals surface area contributed by atoms with Gasteiger partial charge in [-0.15, -0.1) is 0 Å². The van der Waals surface area contributed by atoms with E-state index >= 15 is 0 Å². The minimum atomic E-state index is 0.185. The fourth-order valence-electron chi connectivity index (χ4n) is 5.30. The summed E-state index contributed by atoms with van der Waals surface area (Å²) in [6.45, 7) is 9.98. The highest BCUT2D eigenvalue weighted by Gasteiger charge is 2.40. The lowest BCUT2D eigenvalue weighted by Crippen LogP contribution is -2.59. The lowest BCUT2D eigenvalue weighted by molar-refractivity contribution is -0.0504. The molecule has 1 saturated carbocycles. The number of hydrogen-bond acceptors (Lipinski definition) is 6. The van der Waals surface area contributed by atoms with E-state index in [2.05, 4.69) is 33.7 Å². The van der Waals surface area contributed by atoms with Crippen LogP contribution in [0.25, 0.3) is 0 Å². The van der Waals surface area contributed by atoms with E-state index in [1.54, 1.807) is 0 Å². The molecule has 1 atom stereocenters. The van der Waals surface area contributed by atoms with Gasteiger partial charge in [-0.2, -0.15) is 4.98 Å². The number of hydrogen-bond donors (Lipinski definition) is 0. The van der Waals surface area contributed by atoms with Crippen molar-refractivity contribution in [1.82, 2.24) is 19.8 Å². The van der Waals surface area contributed by atoms with Gasteiger partial charge in [-0.05, 0) is 33.7 Å². The molecule has 6 heteroatoms. The molecule has 1 aromatic rings. The maximum atomic E-state index is 6.18. The molecule has 0 radical (unpaired) electrons. The monoisotopic (exact) mass is 374 g/mol. The summed E-state index contributed by atoms with van der Waals surface area (Å²) in [4.78, 5) is 14.2. The molecular weight excluding hydrogens is 340 g/mol. The third-order valence-corrected chi connectivity index (χ3v) is 6.54. The number of aromatic nitrogens is 2. The van der Waals surface area contributed by atoms with Crippen LogP contribution in [0.2, 0.25) is 0 Å². The van der Waals surface area contributed by atoms with Crippen LogP contribution in [0.1, 0.15) is 49.2 Å². The molecule has 2 fully saturated rings. The Morgan fingerprint density at radius 1 is 1.11 bits per heavy atom. The Hall–Kier alpha value is -1.24. The molecule has 0 spiro atoms. The zero-order valence-corrected chi connectivity index (χ0v) is 17.2. The number of fused-ring (bicyclic) bond motifs is 1. The number of rotatable bonds is 5. The minimum absolute atomic E-state index is 0.185. The molecule has 0 unspecified atom stereocenters. The topological polar surface area (TPSA) is 50.7 Å². The van der Waals surface area contributed by atoms with Crippen LogP contribution in [0.4, 0.5) is 0 Å². The summed E-state index contributed by atoms with van der Waals surface area (Å²) in [5, 5.41) is 0. The molecule has 150 valence electrons. The predicted molar refractivity (Wildman–Crippen MR) is 105 cm³/mol. The van der Waals surface area contributed by atoms with E-state index in [0.717, 1.165) is 63.2 Å². The fraction of sp³-hybridized carbons (Fsp3) is 0.810. The summed E-state index contributed by atoms with van der Waals surface area (Å²) in [7, 11) is 2.26. The zero-order chi connectivity index (χ0) is 18.9.